The number of rotatable bonds is 4. The van der Waals surface area contributed by atoms with E-state index >= 15 is 0 Å². The predicted octanol–water partition coefficient (Wildman–Crippen LogP) is 0.527. The SMILES string of the molecule is CCOC(=O)C(N)C(=O)Nc1ccc(C)nc1C. The van der Waals surface area contributed by atoms with Gasteiger partial charge in [0.15, 0.2) is 6.04 Å². The molecule has 1 heterocycles. The number of nitrogens with two attached hydrogens (primary N) is 1. The minimum absolute atomic E-state index is 0.185. The number of carbonyl (C=O) groups is 2. The maximum Gasteiger partial charge on any atom is 0.332 e. The van der Waals surface area contributed by atoms with Crippen molar-refractivity contribution in [3.8, 4) is 0 Å². The van der Waals surface area contributed by atoms with Gasteiger partial charge in [-0.3, -0.25) is 9.78 Å². The minimum atomic E-state index is -1.33. The lowest BCUT2D eigenvalue weighted by molar-refractivity contribution is -0.146. The summed E-state index contributed by atoms with van der Waals surface area (Å²) in [6, 6.07) is 2.15. The van der Waals surface area contributed by atoms with Crippen molar-refractivity contribution < 1.29 is 14.3 Å². The Morgan fingerprint density at radius 3 is 2.67 bits per heavy atom. The number of esters is 1. The molecule has 1 atom stereocenters. The molecule has 0 aromatic carbocycles. The predicted molar refractivity (Wildman–Crippen MR) is 66.9 cm³/mol. The topological polar surface area (TPSA) is 94.3 Å². The highest BCUT2D eigenvalue weighted by Gasteiger charge is 2.23. The monoisotopic (exact) mass is 251 g/mol. The van der Waals surface area contributed by atoms with Gasteiger partial charge in [0.05, 0.1) is 18.0 Å². The lowest BCUT2D eigenvalue weighted by atomic mass is 10.2. The van der Waals surface area contributed by atoms with E-state index in [0.717, 1.165) is 5.69 Å². The maximum absolute atomic E-state index is 11.7. The number of nitrogens with one attached hydrogen (secondary N) is 1. The molecule has 6 nitrogen and oxygen atoms in total. The number of carbonyl (C=O) groups excluding carboxylic acids is 2. The first-order valence-electron chi connectivity index (χ1n) is 5.63. The van der Waals surface area contributed by atoms with E-state index in [1.807, 2.05) is 6.92 Å². The first kappa shape index (κ1) is 14.1. The minimum Gasteiger partial charge on any atom is -0.464 e. The van der Waals surface area contributed by atoms with Gasteiger partial charge in [-0.05, 0) is 32.9 Å². The first-order valence-corrected chi connectivity index (χ1v) is 5.63. The molecule has 1 amide bonds. The summed E-state index contributed by atoms with van der Waals surface area (Å²) in [5.41, 5.74) is 7.51. The van der Waals surface area contributed by atoms with Crippen LogP contribution in [0.4, 0.5) is 5.69 Å². The van der Waals surface area contributed by atoms with Gasteiger partial charge in [0.1, 0.15) is 0 Å². The summed E-state index contributed by atoms with van der Waals surface area (Å²) in [6.07, 6.45) is 0. The van der Waals surface area contributed by atoms with E-state index < -0.39 is 17.9 Å². The molecule has 18 heavy (non-hydrogen) atoms. The molecule has 0 radical (unpaired) electrons. The largest absolute Gasteiger partial charge is 0.464 e. The molecule has 3 N–H and O–H groups in total. The number of aryl methyl sites for hydroxylation is 2. The van der Waals surface area contributed by atoms with E-state index in [-0.39, 0.29) is 6.61 Å². The normalized spacial score (nSPS) is 11.8. The van der Waals surface area contributed by atoms with Crippen molar-refractivity contribution in [1.29, 1.82) is 0 Å². The van der Waals surface area contributed by atoms with E-state index in [1.165, 1.54) is 0 Å². The number of aromatic nitrogens is 1. The summed E-state index contributed by atoms with van der Waals surface area (Å²) in [5.74, 6) is -1.35. The molecule has 0 aliphatic carbocycles. The average Bonchev–Trinajstić information content (AvgIpc) is 2.32. The van der Waals surface area contributed by atoms with Crippen LogP contribution in [0.3, 0.4) is 0 Å². The van der Waals surface area contributed by atoms with Gasteiger partial charge in [-0.1, -0.05) is 0 Å². The Morgan fingerprint density at radius 1 is 1.44 bits per heavy atom. The Kier molecular flexibility index (Phi) is 4.79. The number of ether oxygens (including phenoxy) is 1. The molecule has 98 valence electrons. The number of hydrogen-bond donors (Lipinski definition) is 2. The number of pyridine rings is 1. The fourth-order valence-corrected chi connectivity index (χ4v) is 1.37. The summed E-state index contributed by atoms with van der Waals surface area (Å²) in [6.45, 7) is 5.45. The molecule has 0 bridgehead atoms. The summed E-state index contributed by atoms with van der Waals surface area (Å²) in [4.78, 5) is 27.2. The Labute approximate surface area is 106 Å². The van der Waals surface area contributed by atoms with E-state index in [4.69, 9.17) is 5.73 Å². The Hall–Kier alpha value is -1.95. The van der Waals surface area contributed by atoms with Crippen molar-refractivity contribution >= 4 is 17.6 Å². The second-order valence-electron chi connectivity index (χ2n) is 3.80. The lowest BCUT2D eigenvalue weighted by Gasteiger charge is -2.12. The van der Waals surface area contributed by atoms with Gasteiger partial charge >= 0.3 is 5.97 Å². The van der Waals surface area contributed by atoms with Crippen LogP contribution in [0.25, 0.3) is 0 Å². The number of amides is 1. The molecule has 0 aliphatic rings. The fraction of sp³-hybridized carbons (Fsp3) is 0.417. The van der Waals surface area contributed by atoms with E-state index in [0.29, 0.717) is 11.4 Å². The van der Waals surface area contributed by atoms with Crippen LogP contribution < -0.4 is 11.1 Å². The number of anilines is 1. The highest BCUT2D eigenvalue weighted by molar-refractivity contribution is 6.08. The Morgan fingerprint density at radius 2 is 2.11 bits per heavy atom. The second kappa shape index (κ2) is 6.11. The summed E-state index contributed by atoms with van der Waals surface area (Å²) >= 11 is 0. The molecule has 0 fully saturated rings. The van der Waals surface area contributed by atoms with Gasteiger partial charge < -0.3 is 15.8 Å². The molecule has 1 rings (SSSR count). The van der Waals surface area contributed by atoms with Gasteiger partial charge in [-0.25, -0.2) is 4.79 Å². The Bertz CT molecular complexity index is 460. The van der Waals surface area contributed by atoms with Crippen molar-refractivity contribution in [2.24, 2.45) is 5.73 Å². The molecule has 0 spiro atoms. The smallest absolute Gasteiger partial charge is 0.332 e. The van der Waals surface area contributed by atoms with Gasteiger partial charge in [-0.2, -0.15) is 0 Å². The molecule has 6 heteroatoms. The first-order chi connectivity index (χ1) is 8.45. The third-order valence-corrected chi connectivity index (χ3v) is 2.31. The van der Waals surface area contributed by atoms with Crippen molar-refractivity contribution in [2.75, 3.05) is 11.9 Å². The fourth-order valence-electron chi connectivity index (χ4n) is 1.37. The molecule has 1 aromatic heterocycles. The van der Waals surface area contributed by atoms with E-state index in [1.54, 1.807) is 26.0 Å². The van der Waals surface area contributed by atoms with Gasteiger partial charge in [0, 0.05) is 5.69 Å². The van der Waals surface area contributed by atoms with Crippen LogP contribution in [-0.2, 0) is 14.3 Å². The van der Waals surface area contributed by atoms with Crippen LogP contribution in [-0.4, -0.2) is 29.5 Å². The standard InChI is InChI=1S/C12H17N3O3/c1-4-18-12(17)10(13)11(16)15-9-6-5-7(2)14-8(9)3/h5-6,10H,4,13H2,1-3H3,(H,15,16). The third-order valence-electron chi connectivity index (χ3n) is 2.31. The molecular weight excluding hydrogens is 234 g/mol. The highest BCUT2D eigenvalue weighted by Crippen LogP contribution is 2.12. The average molecular weight is 251 g/mol. The zero-order valence-corrected chi connectivity index (χ0v) is 10.7. The van der Waals surface area contributed by atoms with Crippen molar-refractivity contribution in [3.05, 3.63) is 23.5 Å². The second-order valence-corrected chi connectivity index (χ2v) is 3.80. The summed E-state index contributed by atoms with van der Waals surface area (Å²) in [5, 5.41) is 2.55. The van der Waals surface area contributed by atoms with Crippen LogP contribution in [0.15, 0.2) is 12.1 Å². The van der Waals surface area contributed by atoms with Gasteiger partial charge in [0.2, 0.25) is 0 Å². The summed E-state index contributed by atoms with van der Waals surface area (Å²) < 4.78 is 4.67. The van der Waals surface area contributed by atoms with Crippen molar-refractivity contribution in [3.63, 3.8) is 0 Å². The van der Waals surface area contributed by atoms with Crippen LogP contribution in [0.5, 0.6) is 0 Å². The lowest BCUT2D eigenvalue weighted by Crippen LogP contribution is -2.43. The highest BCUT2D eigenvalue weighted by atomic mass is 16.5. The van der Waals surface area contributed by atoms with Crippen LogP contribution in [0.1, 0.15) is 18.3 Å². The van der Waals surface area contributed by atoms with Gasteiger partial charge in [0.25, 0.3) is 5.91 Å². The van der Waals surface area contributed by atoms with E-state index in [2.05, 4.69) is 15.0 Å². The number of nitrogens with zero attached hydrogens (tertiary/aromatic N) is 1. The van der Waals surface area contributed by atoms with Crippen LogP contribution in [0, 0.1) is 13.8 Å². The molecule has 0 saturated heterocycles. The van der Waals surface area contributed by atoms with Crippen LogP contribution in [0.2, 0.25) is 0 Å². The van der Waals surface area contributed by atoms with Crippen molar-refractivity contribution in [2.45, 2.75) is 26.8 Å². The molecule has 1 aromatic rings. The Balaban J connectivity index is 2.72. The third kappa shape index (κ3) is 3.53. The zero-order valence-electron chi connectivity index (χ0n) is 10.7. The summed E-state index contributed by atoms with van der Waals surface area (Å²) in [7, 11) is 0. The van der Waals surface area contributed by atoms with Gasteiger partial charge in [-0.15, -0.1) is 0 Å². The quantitative estimate of drug-likeness (QED) is 0.601. The molecule has 1 unspecified atom stereocenters. The van der Waals surface area contributed by atoms with E-state index in [9.17, 15) is 9.59 Å². The van der Waals surface area contributed by atoms with Crippen molar-refractivity contribution in [1.82, 2.24) is 4.98 Å². The number of hydrogen-bond acceptors (Lipinski definition) is 5. The molecule has 0 aliphatic heterocycles. The van der Waals surface area contributed by atoms with Crippen LogP contribution >= 0.6 is 0 Å². The molecule has 0 saturated carbocycles. The zero-order chi connectivity index (χ0) is 13.7. The molecular formula is C12H17N3O3. The maximum atomic E-state index is 11.7.